The van der Waals surface area contributed by atoms with Gasteiger partial charge in [0, 0.05) is 19.7 Å². The van der Waals surface area contributed by atoms with Gasteiger partial charge in [0.1, 0.15) is 11.4 Å². The fourth-order valence-corrected chi connectivity index (χ4v) is 4.50. The van der Waals surface area contributed by atoms with Gasteiger partial charge < -0.3 is 19.5 Å². The van der Waals surface area contributed by atoms with Crippen LogP contribution >= 0.6 is 23.2 Å². The van der Waals surface area contributed by atoms with Crippen molar-refractivity contribution in [1.82, 2.24) is 9.97 Å². The van der Waals surface area contributed by atoms with Crippen LogP contribution in [-0.4, -0.2) is 48.5 Å². The molecule has 150 valence electrons. The van der Waals surface area contributed by atoms with Crippen LogP contribution in [0.4, 0.5) is 5.82 Å². The van der Waals surface area contributed by atoms with Crippen LogP contribution in [0.1, 0.15) is 25.0 Å². The zero-order valence-electron chi connectivity index (χ0n) is 15.8. The zero-order valence-corrected chi connectivity index (χ0v) is 17.3. The van der Waals surface area contributed by atoms with Gasteiger partial charge in [-0.3, -0.25) is 0 Å². The first-order valence-corrected chi connectivity index (χ1v) is 10.1. The number of halogens is 2. The zero-order chi connectivity index (χ0) is 19.7. The Morgan fingerprint density at radius 3 is 2.68 bits per heavy atom. The quantitative estimate of drug-likeness (QED) is 0.802. The van der Waals surface area contributed by atoms with Crippen molar-refractivity contribution in [3.8, 4) is 17.0 Å². The van der Waals surface area contributed by atoms with Gasteiger partial charge in [0.15, 0.2) is 5.82 Å². The summed E-state index contributed by atoms with van der Waals surface area (Å²) in [7, 11) is 1.56. The summed E-state index contributed by atoms with van der Waals surface area (Å²) in [5, 5.41) is 10.7. The van der Waals surface area contributed by atoms with Gasteiger partial charge >= 0.3 is 0 Å². The molecule has 6 nitrogen and oxygen atoms in total. The van der Waals surface area contributed by atoms with Gasteiger partial charge in [-0.05, 0) is 36.8 Å². The molecule has 0 aliphatic carbocycles. The van der Waals surface area contributed by atoms with Crippen molar-refractivity contribution in [3.63, 3.8) is 0 Å². The lowest BCUT2D eigenvalue weighted by atomic mass is 9.78. The monoisotopic (exact) mass is 423 g/mol. The van der Waals surface area contributed by atoms with Gasteiger partial charge in [0.2, 0.25) is 0 Å². The van der Waals surface area contributed by atoms with Crippen LogP contribution in [0.3, 0.4) is 0 Å². The Bertz CT molecular complexity index is 862. The summed E-state index contributed by atoms with van der Waals surface area (Å²) in [6.45, 7) is 3.27. The van der Waals surface area contributed by atoms with E-state index in [0.717, 1.165) is 51.4 Å². The number of rotatable bonds is 4. The van der Waals surface area contributed by atoms with Gasteiger partial charge in [0.25, 0.3) is 0 Å². The maximum atomic E-state index is 9.94. The fourth-order valence-electron chi connectivity index (χ4n) is 4.09. The topological polar surface area (TPSA) is 67.7 Å². The summed E-state index contributed by atoms with van der Waals surface area (Å²) in [6, 6.07) is 3.42. The minimum Gasteiger partial charge on any atom is -0.496 e. The van der Waals surface area contributed by atoms with E-state index in [1.807, 2.05) is 0 Å². The molecule has 4 rings (SSSR count). The Hall–Kier alpha value is -1.60. The smallest absolute Gasteiger partial charge is 0.152 e. The lowest BCUT2D eigenvalue weighted by molar-refractivity contribution is 0.133. The fraction of sp³-hybridized carbons (Fsp3) is 0.500. The predicted molar refractivity (Wildman–Crippen MR) is 109 cm³/mol. The summed E-state index contributed by atoms with van der Waals surface area (Å²) in [5.74, 6) is 1.28. The molecule has 1 aromatic carbocycles. The van der Waals surface area contributed by atoms with Gasteiger partial charge in [-0.25, -0.2) is 9.97 Å². The Morgan fingerprint density at radius 1 is 1.25 bits per heavy atom. The number of hydrogen-bond acceptors (Lipinski definition) is 6. The second-order valence-corrected chi connectivity index (χ2v) is 8.20. The van der Waals surface area contributed by atoms with Crippen LogP contribution in [0.15, 0.2) is 18.3 Å². The first-order valence-electron chi connectivity index (χ1n) is 9.39. The van der Waals surface area contributed by atoms with Crippen molar-refractivity contribution in [2.45, 2.75) is 25.9 Å². The van der Waals surface area contributed by atoms with E-state index in [1.54, 1.807) is 25.4 Å². The average molecular weight is 424 g/mol. The first kappa shape index (κ1) is 19.7. The molecule has 3 heterocycles. The van der Waals surface area contributed by atoms with E-state index in [1.165, 1.54) is 0 Å². The Labute approximate surface area is 174 Å². The number of benzene rings is 1. The molecule has 28 heavy (non-hydrogen) atoms. The molecule has 2 aromatic rings. The SMILES string of the molecule is COc1ccc(Cl)c(Cl)c1-c1cnc(N2CCC3(CCOC3)CC2)c(CO)n1. The highest BCUT2D eigenvalue weighted by molar-refractivity contribution is 6.44. The molecule has 8 heteroatoms. The minimum atomic E-state index is -0.207. The molecule has 2 aliphatic rings. The molecule has 2 fully saturated rings. The van der Waals surface area contributed by atoms with Crippen LogP contribution in [0.25, 0.3) is 11.3 Å². The number of nitrogens with zero attached hydrogens (tertiary/aromatic N) is 3. The van der Waals surface area contributed by atoms with Gasteiger partial charge in [-0.1, -0.05) is 23.2 Å². The minimum absolute atomic E-state index is 0.207. The van der Waals surface area contributed by atoms with E-state index in [4.69, 9.17) is 32.7 Å². The second kappa shape index (κ2) is 8.03. The van der Waals surface area contributed by atoms with E-state index in [-0.39, 0.29) is 6.61 Å². The molecular formula is C20H23Cl2N3O3. The number of ether oxygens (including phenoxy) is 2. The molecule has 1 aromatic heterocycles. The molecule has 0 amide bonds. The molecule has 0 unspecified atom stereocenters. The van der Waals surface area contributed by atoms with E-state index < -0.39 is 0 Å². The van der Waals surface area contributed by atoms with Crippen molar-refractivity contribution in [2.75, 3.05) is 38.3 Å². The third kappa shape index (κ3) is 3.54. The van der Waals surface area contributed by atoms with Crippen molar-refractivity contribution in [1.29, 1.82) is 0 Å². The highest BCUT2D eigenvalue weighted by Gasteiger charge is 2.38. The lowest BCUT2D eigenvalue weighted by Crippen LogP contribution is -2.41. The number of methoxy groups -OCH3 is 1. The summed E-state index contributed by atoms with van der Waals surface area (Å²) in [6.07, 6.45) is 4.92. The molecule has 0 saturated carbocycles. The van der Waals surface area contributed by atoms with Crippen LogP contribution in [0.2, 0.25) is 10.0 Å². The van der Waals surface area contributed by atoms with E-state index in [0.29, 0.717) is 38.2 Å². The third-order valence-electron chi connectivity index (χ3n) is 5.81. The Morgan fingerprint density at radius 2 is 2.04 bits per heavy atom. The van der Waals surface area contributed by atoms with Crippen molar-refractivity contribution < 1.29 is 14.6 Å². The highest BCUT2D eigenvalue weighted by Crippen LogP contribution is 2.42. The average Bonchev–Trinajstić information content (AvgIpc) is 3.18. The summed E-state index contributed by atoms with van der Waals surface area (Å²) < 4.78 is 11.0. The van der Waals surface area contributed by atoms with Crippen LogP contribution < -0.4 is 9.64 Å². The molecule has 2 saturated heterocycles. The predicted octanol–water partition coefficient (Wildman–Crippen LogP) is 3.96. The van der Waals surface area contributed by atoms with E-state index >= 15 is 0 Å². The molecule has 2 aliphatic heterocycles. The van der Waals surface area contributed by atoms with Gasteiger partial charge in [0.05, 0.1) is 47.8 Å². The third-order valence-corrected chi connectivity index (χ3v) is 6.62. The molecule has 0 radical (unpaired) electrons. The maximum Gasteiger partial charge on any atom is 0.152 e. The molecular weight excluding hydrogens is 401 g/mol. The van der Waals surface area contributed by atoms with E-state index in [2.05, 4.69) is 14.9 Å². The van der Waals surface area contributed by atoms with Crippen LogP contribution in [0, 0.1) is 5.41 Å². The maximum absolute atomic E-state index is 9.94. The standard InChI is InChI=1S/C20H23Cl2N3O3/c1-27-16-3-2-13(21)18(22)17(16)14-10-23-19(15(11-26)24-14)25-7-4-20(5-8-25)6-9-28-12-20/h2-3,10,26H,4-9,11-12H2,1H3. The molecule has 1 N–H and O–H groups in total. The number of hydrogen-bond donors (Lipinski definition) is 1. The number of aromatic nitrogens is 2. The number of anilines is 1. The first-order chi connectivity index (χ1) is 13.6. The molecule has 1 spiro atoms. The highest BCUT2D eigenvalue weighted by atomic mass is 35.5. The van der Waals surface area contributed by atoms with Gasteiger partial charge in [-0.2, -0.15) is 0 Å². The van der Waals surface area contributed by atoms with Crippen LogP contribution in [-0.2, 0) is 11.3 Å². The van der Waals surface area contributed by atoms with Gasteiger partial charge in [-0.15, -0.1) is 0 Å². The normalized spacial score (nSPS) is 18.6. The molecule has 0 atom stereocenters. The molecule has 0 bridgehead atoms. The second-order valence-electron chi connectivity index (χ2n) is 7.41. The summed E-state index contributed by atoms with van der Waals surface area (Å²) >= 11 is 12.6. The van der Waals surface area contributed by atoms with Crippen molar-refractivity contribution >= 4 is 29.0 Å². The number of aliphatic hydroxyl groups is 1. The Balaban J connectivity index is 1.64. The lowest BCUT2D eigenvalue weighted by Gasteiger charge is -2.39. The van der Waals surface area contributed by atoms with Crippen molar-refractivity contribution in [2.24, 2.45) is 5.41 Å². The number of piperidine rings is 1. The summed E-state index contributed by atoms with van der Waals surface area (Å²) in [4.78, 5) is 11.5. The summed E-state index contributed by atoms with van der Waals surface area (Å²) in [5.41, 5.74) is 1.93. The number of aliphatic hydroxyl groups excluding tert-OH is 1. The van der Waals surface area contributed by atoms with E-state index in [9.17, 15) is 5.11 Å². The Kier molecular flexibility index (Phi) is 5.65. The van der Waals surface area contributed by atoms with Crippen LogP contribution in [0.5, 0.6) is 5.75 Å². The van der Waals surface area contributed by atoms with Crippen molar-refractivity contribution in [3.05, 3.63) is 34.1 Å². The largest absolute Gasteiger partial charge is 0.496 e.